The number of aromatic amines is 1. The third-order valence-electron chi connectivity index (χ3n) is 3.33. The molecule has 1 aromatic carbocycles. The first-order chi connectivity index (χ1) is 11.9. The number of halogens is 1. The van der Waals surface area contributed by atoms with Gasteiger partial charge in [-0.1, -0.05) is 11.6 Å². The molecule has 0 saturated heterocycles. The summed E-state index contributed by atoms with van der Waals surface area (Å²) < 4.78 is 38.3. The van der Waals surface area contributed by atoms with Crippen LogP contribution in [0.15, 0.2) is 40.7 Å². The van der Waals surface area contributed by atoms with Gasteiger partial charge in [-0.2, -0.15) is 5.10 Å². The summed E-state index contributed by atoms with van der Waals surface area (Å²) in [5.74, 6) is 0.689. The number of ether oxygens (including phenoxy) is 2. The van der Waals surface area contributed by atoms with Crippen molar-refractivity contribution in [3.05, 3.63) is 41.6 Å². The summed E-state index contributed by atoms with van der Waals surface area (Å²) in [6, 6.07) is 7.97. The van der Waals surface area contributed by atoms with E-state index in [1.165, 1.54) is 32.4 Å². The fourth-order valence-corrected chi connectivity index (χ4v) is 4.72. The number of hydrogen-bond acceptors (Lipinski definition) is 6. The molecule has 0 amide bonds. The third-order valence-corrected chi connectivity index (χ3v) is 6.60. The molecule has 0 spiro atoms. The van der Waals surface area contributed by atoms with Crippen molar-refractivity contribution in [3.8, 4) is 22.1 Å². The Morgan fingerprint density at radius 2 is 1.92 bits per heavy atom. The van der Waals surface area contributed by atoms with Crippen molar-refractivity contribution in [1.82, 2.24) is 10.2 Å². The predicted octanol–water partition coefficient (Wildman–Crippen LogP) is 3.61. The number of benzene rings is 1. The fourth-order valence-electron chi connectivity index (χ4n) is 2.14. The van der Waals surface area contributed by atoms with Crippen molar-refractivity contribution in [2.45, 2.75) is 4.21 Å². The van der Waals surface area contributed by atoms with Crippen molar-refractivity contribution in [3.63, 3.8) is 0 Å². The number of aromatic nitrogens is 2. The Morgan fingerprint density at radius 3 is 2.56 bits per heavy atom. The number of nitrogens with zero attached hydrogens (tertiary/aromatic N) is 1. The SMILES string of the molecule is COc1cc(OC)c(NS(=O)(=O)c2ccc(-c3ccn[nH]3)s2)cc1Cl. The zero-order chi connectivity index (χ0) is 18.0. The number of sulfonamides is 1. The highest BCUT2D eigenvalue weighted by Gasteiger charge is 2.21. The van der Waals surface area contributed by atoms with Gasteiger partial charge in [0.15, 0.2) is 0 Å². The van der Waals surface area contributed by atoms with Crippen molar-refractivity contribution < 1.29 is 17.9 Å². The Kier molecular flexibility index (Phi) is 4.89. The summed E-state index contributed by atoms with van der Waals surface area (Å²) in [6.07, 6.45) is 1.60. The average molecular weight is 400 g/mol. The van der Waals surface area contributed by atoms with Gasteiger partial charge in [0, 0.05) is 12.3 Å². The normalized spacial score (nSPS) is 11.3. The second-order valence-corrected chi connectivity index (χ2v) is 8.28. The van der Waals surface area contributed by atoms with Crippen LogP contribution in [0.2, 0.25) is 5.02 Å². The highest BCUT2D eigenvalue weighted by molar-refractivity contribution is 7.94. The maximum atomic E-state index is 12.7. The molecule has 25 heavy (non-hydrogen) atoms. The van der Waals surface area contributed by atoms with E-state index in [2.05, 4.69) is 14.9 Å². The van der Waals surface area contributed by atoms with Crippen LogP contribution in [0.4, 0.5) is 5.69 Å². The van der Waals surface area contributed by atoms with E-state index in [-0.39, 0.29) is 14.9 Å². The molecule has 7 nitrogen and oxygen atoms in total. The number of nitrogens with one attached hydrogen (secondary N) is 2. The molecule has 0 bridgehead atoms. The summed E-state index contributed by atoms with van der Waals surface area (Å²) in [4.78, 5) is 0.762. The van der Waals surface area contributed by atoms with E-state index >= 15 is 0 Å². The summed E-state index contributed by atoms with van der Waals surface area (Å²) >= 11 is 7.20. The monoisotopic (exact) mass is 399 g/mol. The van der Waals surface area contributed by atoms with E-state index in [0.29, 0.717) is 11.5 Å². The van der Waals surface area contributed by atoms with Crippen LogP contribution in [-0.4, -0.2) is 32.8 Å². The lowest BCUT2D eigenvalue weighted by molar-refractivity contribution is 0.396. The first-order valence-electron chi connectivity index (χ1n) is 6.98. The molecule has 0 aliphatic rings. The molecule has 0 atom stereocenters. The molecule has 2 N–H and O–H groups in total. The van der Waals surface area contributed by atoms with E-state index in [4.69, 9.17) is 21.1 Å². The van der Waals surface area contributed by atoms with Gasteiger partial charge in [0.25, 0.3) is 10.0 Å². The van der Waals surface area contributed by atoms with Gasteiger partial charge >= 0.3 is 0 Å². The number of rotatable bonds is 6. The molecule has 2 heterocycles. The van der Waals surface area contributed by atoms with Crippen molar-refractivity contribution >= 4 is 38.6 Å². The van der Waals surface area contributed by atoms with Gasteiger partial charge < -0.3 is 9.47 Å². The first-order valence-corrected chi connectivity index (χ1v) is 9.66. The van der Waals surface area contributed by atoms with Crippen LogP contribution in [-0.2, 0) is 10.0 Å². The van der Waals surface area contributed by atoms with Gasteiger partial charge in [-0.3, -0.25) is 9.82 Å². The quantitative estimate of drug-likeness (QED) is 0.660. The molecule has 0 unspecified atom stereocenters. The van der Waals surface area contributed by atoms with Gasteiger partial charge in [-0.25, -0.2) is 8.42 Å². The molecule has 0 aliphatic carbocycles. The zero-order valence-electron chi connectivity index (χ0n) is 13.2. The van der Waals surface area contributed by atoms with E-state index < -0.39 is 10.0 Å². The van der Waals surface area contributed by atoms with Crippen LogP contribution in [0.3, 0.4) is 0 Å². The van der Waals surface area contributed by atoms with Crippen molar-refractivity contribution in [1.29, 1.82) is 0 Å². The Balaban J connectivity index is 1.93. The Morgan fingerprint density at radius 1 is 1.16 bits per heavy atom. The molecule has 0 saturated carbocycles. The number of thiophene rings is 1. The Labute approximate surface area is 153 Å². The van der Waals surface area contributed by atoms with Crippen LogP contribution < -0.4 is 14.2 Å². The van der Waals surface area contributed by atoms with E-state index in [9.17, 15) is 8.42 Å². The van der Waals surface area contributed by atoms with Crippen LogP contribution >= 0.6 is 22.9 Å². The fraction of sp³-hybridized carbons (Fsp3) is 0.133. The van der Waals surface area contributed by atoms with E-state index in [1.807, 2.05) is 0 Å². The van der Waals surface area contributed by atoms with Gasteiger partial charge in [0.2, 0.25) is 0 Å². The smallest absolute Gasteiger partial charge is 0.271 e. The maximum Gasteiger partial charge on any atom is 0.271 e. The van der Waals surface area contributed by atoms with Gasteiger partial charge in [-0.05, 0) is 24.3 Å². The lowest BCUT2D eigenvalue weighted by Gasteiger charge is -2.13. The highest BCUT2D eigenvalue weighted by atomic mass is 35.5. The maximum absolute atomic E-state index is 12.7. The van der Waals surface area contributed by atoms with E-state index in [0.717, 1.165) is 21.9 Å². The van der Waals surface area contributed by atoms with Gasteiger partial charge in [0.1, 0.15) is 15.7 Å². The largest absolute Gasteiger partial charge is 0.495 e. The molecule has 10 heteroatoms. The minimum Gasteiger partial charge on any atom is -0.495 e. The second-order valence-electron chi connectivity index (χ2n) is 4.88. The van der Waals surface area contributed by atoms with Crippen LogP contribution in [0.1, 0.15) is 0 Å². The van der Waals surface area contributed by atoms with Crippen molar-refractivity contribution in [2.75, 3.05) is 18.9 Å². The molecule has 0 aliphatic heterocycles. The van der Waals surface area contributed by atoms with Crippen LogP contribution in [0.5, 0.6) is 11.5 Å². The minimum atomic E-state index is -3.80. The number of hydrogen-bond donors (Lipinski definition) is 2. The molecule has 2 aromatic heterocycles. The van der Waals surface area contributed by atoms with Gasteiger partial charge in [0.05, 0.1) is 35.5 Å². The van der Waals surface area contributed by atoms with E-state index in [1.54, 1.807) is 18.3 Å². The molecule has 0 fully saturated rings. The number of anilines is 1. The summed E-state index contributed by atoms with van der Waals surface area (Å²) in [5.41, 5.74) is 0.973. The highest BCUT2D eigenvalue weighted by Crippen LogP contribution is 2.38. The number of methoxy groups -OCH3 is 2. The minimum absolute atomic E-state index is 0.158. The lowest BCUT2D eigenvalue weighted by Crippen LogP contribution is -2.12. The summed E-state index contributed by atoms with van der Waals surface area (Å²) in [6.45, 7) is 0. The molecule has 3 aromatic rings. The summed E-state index contributed by atoms with van der Waals surface area (Å²) in [7, 11) is -0.900. The third kappa shape index (κ3) is 3.58. The second kappa shape index (κ2) is 6.95. The van der Waals surface area contributed by atoms with Crippen LogP contribution in [0, 0.1) is 0 Å². The standard InChI is InChI=1S/C15H14ClN3O4S2/c1-22-12-8-13(23-2)11(7-9(12)16)19-25(20,21)15-4-3-14(24-15)10-5-6-17-18-10/h3-8,19H,1-2H3,(H,17,18). The molecule has 132 valence electrons. The first kappa shape index (κ1) is 17.6. The average Bonchev–Trinajstić information content (AvgIpc) is 3.26. The lowest BCUT2D eigenvalue weighted by atomic mass is 10.3. The Hall–Kier alpha value is -2.23. The number of H-pyrrole nitrogens is 1. The Bertz CT molecular complexity index is 984. The molecular weight excluding hydrogens is 386 g/mol. The zero-order valence-corrected chi connectivity index (χ0v) is 15.6. The van der Waals surface area contributed by atoms with Crippen LogP contribution in [0.25, 0.3) is 10.6 Å². The summed E-state index contributed by atoms with van der Waals surface area (Å²) in [5, 5.41) is 6.93. The predicted molar refractivity (Wildman–Crippen MR) is 97.3 cm³/mol. The molecule has 3 rings (SSSR count). The van der Waals surface area contributed by atoms with Gasteiger partial charge in [-0.15, -0.1) is 11.3 Å². The van der Waals surface area contributed by atoms with Crippen molar-refractivity contribution in [2.24, 2.45) is 0 Å². The topological polar surface area (TPSA) is 93.3 Å². The molecule has 0 radical (unpaired) electrons. The molecular formula is C15H14ClN3O4S2.